The van der Waals surface area contributed by atoms with Gasteiger partial charge in [-0.05, 0) is 41.5 Å². The highest BCUT2D eigenvalue weighted by Gasteiger charge is 2.11. The predicted octanol–water partition coefficient (Wildman–Crippen LogP) is 3.90. The Morgan fingerprint density at radius 1 is 0.944 bits per heavy atom. The number of aromatic hydroxyl groups is 1. The van der Waals surface area contributed by atoms with E-state index in [9.17, 15) is 5.11 Å². The summed E-state index contributed by atoms with van der Waals surface area (Å²) in [5.41, 5.74) is 2.75. The predicted molar refractivity (Wildman–Crippen MR) is 72.3 cm³/mol. The molecule has 0 aliphatic carbocycles. The van der Waals surface area contributed by atoms with Gasteiger partial charge >= 0.3 is 0 Å². The Bertz CT molecular complexity index is 698. The number of nitriles is 1. The highest BCUT2D eigenvalue weighted by atomic mass is 32.2. The van der Waals surface area contributed by atoms with Crippen LogP contribution in [0.4, 0.5) is 0 Å². The van der Waals surface area contributed by atoms with Gasteiger partial charge in [0, 0.05) is 9.79 Å². The van der Waals surface area contributed by atoms with E-state index in [0.717, 1.165) is 20.9 Å². The van der Waals surface area contributed by atoms with Gasteiger partial charge in [-0.2, -0.15) is 5.26 Å². The van der Waals surface area contributed by atoms with Gasteiger partial charge in [-0.15, -0.1) is 0 Å². The minimum absolute atomic E-state index is 0.266. The number of hydrogen-bond acceptors (Lipinski definition) is 3. The number of benzene rings is 2. The Kier molecular flexibility index (Phi) is 2.58. The molecule has 3 rings (SSSR count). The number of nitrogens with zero attached hydrogens (tertiary/aromatic N) is 1. The van der Waals surface area contributed by atoms with Gasteiger partial charge in [0.2, 0.25) is 0 Å². The lowest BCUT2D eigenvalue weighted by Crippen LogP contribution is -1.82. The molecule has 1 N–H and O–H groups in total. The van der Waals surface area contributed by atoms with Crippen molar-refractivity contribution >= 4 is 23.9 Å². The van der Waals surface area contributed by atoms with Crippen LogP contribution in [0.3, 0.4) is 0 Å². The molecule has 2 aromatic rings. The maximum absolute atomic E-state index is 9.49. The largest absolute Gasteiger partial charge is 0.508 e. The average Bonchev–Trinajstić information content (AvgIpc) is 2.56. The zero-order valence-electron chi connectivity index (χ0n) is 9.42. The molecule has 2 aromatic carbocycles. The first kappa shape index (κ1) is 10.9. The number of phenols is 1. The van der Waals surface area contributed by atoms with Crippen LogP contribution in [-0.2, 0) is 0 Å². The van der Waals surface area contributed by atoms with Crippen LogP contribution in [0.15, 0.2) is 46.2 Å². The molecular formula is C15H9NOS. The lowest BCUT2D eigenvalue weighted by atomic mass is 10.1. The van der Waals surface area contributed by atoms with E-state index in [-0.39, 0.29) is 5.75 Å². The standard InChI is InChI=1S/C15H9NOS/c16-9-10-1-2-11-3-4-12-8-13(17)5-6-14(12)18-15(11)7-10/h1-8,17H. The van der Waals surface area contributed by atoms with Crippen LogP contribution in [0.25, 0.3) is 12.2 Å². The Hall–Kier alpha value is -2.18. The fourth-order valence-corrected chi connectivity index (χ4v) is 2.94. The SMILES string of the molecule is N#Cc1ccc2c(c1)Sc1ccc(O)cc1C=C2. The Balaban J connectivity index is 2.15. The van der Waals surface area contributed by atoms with E-state index < -0.39 is 0 Å². The molecule has 0 saturated heterocycles. The topological polar surface area (TPSA) is 44.0 Å². The molecule has 0 amide bonds. The third kappa shape index (κ3) is 1.87. The van der Waals surface area contributed by atoms with Crippen LogP contribution in [0, 0.1) is 11.3 Å². The molecular weight excluding hydrogens is 242 g/mol. The van der Waals surface area contributed by atoms with Crippen molar-refractivity contribution in [3.05, 3.63) is 53.1 Å². The zero-order chi connectivity index (χ0) is 12.5. The number of fused-ring (bicyclic) bond motifs is 2. The maximum atomic E-state index is 9.49. The molecule has 0 atom stereocenters. The minimum atomic E-state index is 0.266. The number of rotatable bonds is 0. The van der Waals surface area contributed by atoms with Gasteiger partial charge in [0.05, 0.1) is 11.6 Å². The first-order chi connectivity index (χ1) is 8.76. The molecule has 0 radical (unpaired) electrons. The second-order valence-electron chi connectivity index (χ2n) is 4.02. The molecule has 0 unspecified atom stereocenters. The monoisotopic (exact) mass is 251 g/mol. The average molecular weight is 251 g/mol. The highest BCUT2D eigenvalue weighted by molar-refractivity contribution is 7.99. The van der Waals surface area contributed by atoms with E-state index in [1.54, 1.807) is 23.9 Å². The molecule has 0 fully saturated rings. The Morgan fingerprint density at radius 2 is 1.78 bits per heavy atom. The summed E-state index contributed by atoms with van der Waals surface area (Å²) < 4.78 is 0. The number of hydrogen-bond donors (Lipinski definition) is 1. The Labute approximate surface area is 109 Å². The van der Waals surface area contributed by atoms with Gasteiger partial charge in [0.15, 0.2) is 0 Å². The molecule has 2 nitrogen and oxygen atoms in total. The van der Waals surface area contributed by atoms with E-state index in [0.29, 0.717) is 5.56 Å². The summed E-state index contributed by atoms with van der Waals surface area (Å²) in [7, 11) is 0. The van der Waals surface area contributed by atoms with Gasteiger partial charge in [0.1, 0.15) is 5.75 Å². The van der Waals surface area contributed by atoms with Crippen molar-refractivity contribution in [2.24, 2.45) is 0 Å². The molecule has 0 aromatic heterocycles. The third-order valence-corrected chi connectivity index (χ3v) is 3.96. The van der Waals surface area contributed by atoms with E-state index in [1.807, 2.05) is 36.4 Å². The van der Waals surface area contributed by atoms with Gasteiger partial charge in [-0.1, -0.05) is 30.0 Å². The number of phenolic OH excluding ortho intramolecular Hbond substituents is 1. The van der Waals surface area contributed by atoms with Crippen molar-refractivity contribution in [1.29, 1.82) is 5.26 Å². The molecule has 1 aliphatic heterocycles. The van der Waals surface area contributed by atoms with Crippen molar-refractivity contribution in [3.8, 4) is 11.8 Å². The lowest BCUT2D eigenvalue weighted by molar-refractivity contribution is 0.474. The summed E-state index contributed by atoms with van der Waals surface area (Å²) in [6.45, 7) is 0. The molecule has 0 saturated carbocycles. The molecule has 86 valence electrons. The first-order valence-corrected chi connectivity index (χ1v) is 6.31. The van der Waals surface area contributed by atoms with Gasteiger partial charge in [-0.3, -0.25) is 0 Å². The summed E-state index contributed by atoms with van der Waals surface area (Å²) in [4.78, 5) is 2.15. The Morgan fingerprint density at radius 3 is 2.61 bits per heavy atom. The zero-order valence-corrected chi connectivity index (χ0v) is 10.2. The summed E-state index contributed by atoms with van der Waals surface area (Å²) in [6, 6.07) is 13.1. The van der Waals surface area contributed by atoms with Gasteiger partial charge in [-0.25, -0.2) is 0 Å². The van der Waals surface area contributed by atoms with E-state index in [1.165, 1.54) is 0 Å². The van der Waals surface area contributed by atoms with Gasteiger partial charge in [0.25, 0.3) is 0 Å². The summed E-state index contributed by atoms with van der Waals surface area (Å²) in [5.74, 6) is 0.266. The van der Waals surface area contributed by atoms with E-state index in [2.05, 4.69) is 6.07 Å². The molecule has 18 heavy (non-hydrogen) atoms. The normalized spacial score (nSPS) is 12.2. The summed E-state index contributed by atoms with van der Waals surface area (Å²) in [6.07, 6.45) is 3.99. The smallest absolute Gasteiger partial charge is 0.116 e. The lowest BCUT2D eigenvalue weighted by Gasteiger charge is -2.06. The molecule has 1 aliphatic rings. The molecule has 0 spiro atoms. The summed E-state index contributed by atoms with van der Waals surface area (Å²) >= 11 is 1.62. The van der Waals surface area contributed by atoms with E-state index in [4.69, 9.17) is 5.26 Å². The van der Waals surface area contributed by atoms with Crippen molar-refractivity contribution in [2.45, 2.75) is 9.79 Å². The minimum Gasteiger partial charge on any atom is -0.508 e. The second kappa shape index (κ2) is 4.25. The quantitative estimate of drug-likeness (QED) is 0.659. The highest BCUT2D eigenvalue weighted by Crippen LogP contribution is 2.38. The first-order valence-electron chi connectivity index (χ1n) is 5.49. The van der Waals surface area contributed by atoms with Crippen molar-refractivity contribution in [2.75, 3.05) is 0 Å². The van der Waals surface area contributed by atoms with Crippen molar-refractivity contribution < 1.29 is 5.11 Å². The van der Waals surface area contributed by atoms with Gasteiger partial charge < -0.3 is 5.11 Å². The van der Waals surface area contributed by atoms with Crippen molar-refractivity contribution in [3.63, 3.8) is 0 Å². The summed E-state index contributed by atoms with van der Waals surface area (Å²) in [5, 5.41) is 18.4. The van der Waals surface area contributed by atoms with Crippen molar-refractivity contribution in [1.82, 2.24) is 0 Å². The van der Waals surface area contributed by atoms with Crippen LogP contribution < -0.4 is 0 Å². The van der Waals surface area contributed by atoms with Crippen LogP contribution >= 0.6 is 11.8 Å². The molecule has 1 heterocycles. The fraction of sp³-hybridized carbons (Fsp3) is 0. The van der Waals surface area contributed by atoms with Crippen LogP contribution in [0.5, 0.6) is 5.75 Å². The fourth-order valence-electron chi connectivity index (χ4n) is 1.89. The third-order valence-electron chi connectivity index (χ3n) is 2.80. The van der Waals surface area contributed by atoms with Crippen LogP contribution in [0.1, 0.15) is 16.7 Å². The van der Waals surface area contributed by atoms with Crippen LogP contribution in [-0.4, -0.2) is 5.11 Å². The van der Waals surface area contributed by atoms with Crippen LogP contribution in [0.2, 0.25) is 0 Å². The molecule has 0 bridgehead atoms. The second-order valence-corrected chi connectivity index (χ2v) is 5.11. The van der Waals surface area contributed by atoms with E-state index >= 15 is 0 Å². The maximum Gasteiger partial charge on any atom is 0.116 e. The molecule has 3 heteroatoms.